The normalized spacial score (nSPS) is 10.6. The van der Waals surface area contributed by atoms with Gasteiger partial charge in [0.2, 0.25) is 11.8 Å². The van der Waals surface area contributed by atoms with Gasteiger partial charge >= 0.3 is 0 Å². The molecule has 21 heavy (non-hydrogen) atoms. The molecule has 4 nitrogen and oxygen atoms in total. The Morgan fingerprint density at radius 2 is 1.76 bits per heavy atom. The van der Waals surface area contributed by atoms with E-state index >= 15 is 0 Å². The zero-order chi connectivity index (χ0) is 14.7. The predicted octanol–water partition coefficient (Wildman–Crippen LogP) is 4.19. The summed E-state index contributed by atoms with van der Waals surface area (Å²) in [5, 5.41) is 3.86. The highest BCUT2D eigenvalue weighted by molar-refractivity contribution is 7.98. The van der Waals surface area contributed by atoms with Gasteiger partial charge in [0.15, 0.2) is 0 Å². The van der Waals surface area contributed by atoms with Crippen LogP contribution in [0.4, 0.5) is 5.95 Å². The van der Waals surface area contributed by atoms with Gasteiger partial charge in [-0.05, 0) is 30.5 Å². The molecule has 1 heterocycles. The molecule has 0 unspecified atom stereocenters. The highest BCUT2D eigenvalue weighted by Crippen LogP contribution is 2.33. The number of nitrogens with zero attached hydrogens (tertiary/aromatic N) is 2. The molecule has 0 amide bonds. The summed E-state index contributed by atoms with van der Waals surface area (Å²) in [6, 6.07) is 15.8. The fraction of sp³-hybridized carbons (Fsp3) is 0.125. The lowest BCUT2D eigenvalue weighted by atomic mass is 10.2. The SMILES string of the molecule is CNc1nc(Oc2ccccc2SC)c2ccccc2n1. The Bertz CT molecular complexity index is 776. The molecule has 0 aliphatic heterocycles. The topological polar surface area (TPSA) is 47.0 Å². The Hall–Kier alpha value is -2.27. The van der Waals surface area contributed by atoms with E-state index in [-0.39, 0.29) is 0 Å². The molecule has 3 aromatic rings. The summed E-state index contributed by atoms with van der Waals surface area (Å²) in [5.41, 5.74) is 0.855. The molecule has 0 aliphatic carbocycles. The minimum absolute atomic E-state index is 0.547. The molecule has 0 saturated carbocycles. The lowest BCUT2D eigenvalue weighted by Crippen LogP contribution is -1.99. The van der Waals surface area contributed by atoms with Crippen LogP contribution >= 0.6 is 11.8 Å². The van der Waals surface area contributed by atoms with Crippen LogP contribution in [-0.2, 0) is 0 Å². The zero-order valence-corrected chi connectivity index (χ0v) is 12.6. The quantitative estimate of drug-likeness (QED) is 0.732. The van der Waals surface area contributed by atoms with Gasteiger partial charge in [-0.3, -0.25) is 0 Å². The van der Waals surface area contributed by atoms with Gasteiger partial charge in [-0.15, -0.1) is 11.8 Å². The first kappa shape index (κ1) is 13.7. The number of aromatic nitrogens is 2. The smallest absolute Gasteiger partial charge is 0.232 e. The van der Waals surface area contributed by atoms with E-state index in [0.717, 1.165) is 21.5 Å². The van der Waals surface area contributed by atoms with Crippen LogP contribution in [0.25, 0.3) is 10.9 Å². The van der Waals surface area contributed by atoms with Crippen LogP contribution < -0.4 is 10.1 Å². The fourth-order valence-electron chi connectivity index (χ4n) is 2.04. The van der Waals surface area contributed by atoms with Crippen molar-refractivity contribution in [1.29, 1.82) is 0 Å². The van der Waals surface area contributed by atoms with Gasteiger partial charge in [0, 0.05) is 11.9 Å². The van der Waals surface area contributed by atoms with Crippen LogP contribution in [0.2, 0.25) is 0 Å². The number of ether oxygens (including phenoxy) is 1. The van der Waals surface area contributed by atoms with Crippen molar-refractivity contribution in [2.45, 2.75) is 4.90 Å². The monoisotopic (exact) mass is 297 g/mol. The first-order valence-electron chi connectivity index (χ1n) is 6.57. The third-order valence-corrected chi connectivity index (χ3v) is 3.84. The maximum Gasteiger partial charge on any atom is 0.232 e. The molecule has 0 fully saturated rings. The average Bonchev–Trinajstić information content (AvgIpc) is 2.55. The van der Waals surface area contributed by atoms with Crippen molar-refractivity contribution in [2.75, 3.05) is 18.6 Å². The van der Waals surface area contributed by atoms with E-state index < -0.39 is 0 Å². The number of anilines is 1. The van der Waals surface area contributed by atoms with Crippen LogP contribution in [0, 0.1) is 0 Å². The summed E-state index contributed by atoms with van der Waals surface area (Å²) < 4.78 is 6.04. The minimum atomic E-state index is 0.547. The van der Waals surface area contributed by atoms with Crippen LogP contribution in [0.15, 0.2) is 53.4 Å². The lowest BCUT2D eigenvalue weighted by Gasteiger charge is -2.11. The van der Waals surface area contributed by atoms with Crippen LogP contribution in [-0.4, -0.2) is 23.3 Å². The molecule has 3 rings (SSSR count). The zero-order valence-electron chi connectivity index (χ0n) is 11.8. The summed E-state index contributed by atoms with van der Waals surface area (Å²) in [7, 11) is 1.80. The summed E-state index contributed by atoms with van der Waals surface area (Å²) in [6.45, 7) is 0. The molecule has 1 N–H and O–H groups in total. The summed E-state index contributed by atoms with van der Waals surface area (Å²) in [6.07, 6.45) is 2.03. The molecule has 1 aromatic heterocycles. The van der Waals surface area contributed by atoms with Crippen molar-refractivity contribution in [3.8, 4) is 11.6 Å². The maximum absolute atomic E-state index is 6.04. The minimum Gasteiger partial charge on any atom is -0.437 e. The maximum atomic E-state index is 6.04. The van der Waals surface area contributed by atoms with Crippen molar-refractivity contribution >= 4 is 28.6 Å². The van der Waals surface area contributed by atoms with Crippen molar-refractivity contribution in [2.24, 2.45) is 0 Å². The molecule has 0 atom stereocenters. The fourth-order valence-corrected chi connectivity index (χ4v) is 2.57. The molecule has 0 aliphatic rings. The molecule has 5 heteroatoms. The number of thioether (sulfide) groups is 1. The summed E-state index contributed by atoms with van der Waals surface area (Å²) in [4.78, 5) is 9.94. The van der Waals surface area contributed by atoms with E-state index in [4.69, 9.17) is 4.74 Å². The molecular weight excluding hydrogens is 282 g/mol. The third-order valence-electron chi connectivity index (χ3n) is 3.07. The Labute approximate surface area is 127 Å². The van der Waals surface area contributed by atoms with E-state index in [0.29, 0.717) is 11.8 Å². The number of para-hydroxylation sites is 2. The molecule has 0 radical (unpaired) electrons. The van der Waals surface area contributed by atoms with Crippen molar-refractivity contribution in [3.63, 3.8) is 0 Å². The molecule has 2 aromatic carbocycles. The largest absolute Gasteiger partial charge is 0.437 e. The Morgan fingerprint density at radius 1 is 1.00 bits per heavy atom. The number of nitrogens with one attached hydrogen (secondary N) is 1. The van der Waals surface area contributed by atoms with E-state index in [9.17, 15) is 0 Å². The van der Waals surface area contributed by atoms with Gasteiger partial charge in [-0.1, -0.05) is 24.3 Å². The molecule has 0 saturated heterocycles. The number of hydrogen-bond acceptors (Lipinski definition) is 5. The van der Waals surface area contributed by atoms with Crippen LogP contribution in [0.1, 0.15) is 0 Å². The predicted molar refractivity (Wildman–Crippen MR) is 87.4 cm³/mol. The number of hydrogen-bond donors (Lipinski definition) is 1. The molecule has 0 bridgehead atoms. The van der Waals surface area contributed by atoms with Crippen molar-refractivity contribution < 1.29 is 4.74 Å². The Morgan fingerprint density at radius 3 is 2.57 bits per heavy atom. The first-order chi connectivity index (χ1) is 10.3. The van der Waals surface area contributed by atoms with Crippen molar-refractivity contribution in [1.82, 2.24) is 9.97 Å². The lowest BCUT2D eigenvalue weighted by molar-refractivity contribution is 0.458. The summed E-state index contributed by atoms with van der Waals surface area (Å²) >= 11 is 1.65. The van der Waals surface area contributed by atoms with Gasteiger partial charge in [0.05, 0.1) is 10.9 Å². The average molecular weight is 297 g/mol. The van der Waals surface area contributed by atoms with Crippen molar-refractivity contribution in [3.05, 3.63) is 48.5 Å². The van der Waals surface area contributed by atoms with E-state index in [2.05, 4.69) is 15.3 Å². The van der Waals surface area contributed by atoms with Gasteiger partial charge < -0.3 is 10.1 Å². The van der Waals surface area contributed by atoms with Gasteiger partial charge in [0.25, 0.3) is 0 Å². The highest BCUT2D eigenvalue weighted by Gasteiger charge is 2.10. The Balaban J connectivity index is 2.11. The first-order valence-corrected chi connectivity index (χ1v) is 7.79. The number of rotatable bonds is 4. The van der Waals surface area contributed by atoms with E-state index in [1.165, 1.54) is 0 Å². The molecule has 0 spiro atoms. The van der Waals surface area contributed by atoms with Gasteiger partial charge in [-0.25, -0.2) is 4.98 Å². The molecule has 106 valence electrons. The second kappa shape index (κ2) is 6.01. The Kier molecular flexibility index (Phi) is 3.92. The third kappa shape index (κ3) is 2.78. The standard InChI is InChI=1S/C16H15N3OS/c1-17-16-18-12-8-4-3-7-11(12)15(19-16)20-13-9-5-6-10-14(13)21-2/h3-10H,1-2H3,(H,17,18,19). The summed E-state index contributed by atoms with van der Waals surface area (Å²) in [5.74, 6) is 1.91. The van der Waals surface area contributed by atoms with Gasteiger partial charge in [-0.2, -0.15) is 4.98 Å². The number of benzene rings is 2. The van der Waals surface area contributed by atoms with Crippen LogP contribution in [0.3, 0.4) is 0 Å². The highest BCUT2D eigenvalue weighted by atomic mass is 32.2. The second-order valence-electron chi connectivity index (χ2n) is 4.37. The number of fused-ring (bicyclic) bond motifs is 1. The second-order valence-corrected chi connectivity index (χ2v) is 5.22. The van der Waals surface area contributed by atoms with Crippen LogP contribution in [0.5, 0.6) is 11.6 Å². The van der Waals surface area contributed by atoms with Gasteiger partial charge in [0.1, 0.15) is 5.75 Å². The van der Waals surface area contributed by atoms with E-state index in [1.807, 2.05) is 54.8 Å². The molecular formula is C16H15N3OS. The van der Waals surface area contributed by atoms with E-state index in [1.54, 1.807) is 18.8 Å².